The van der Waals surface area contributed by atoms with Gasteiger partial charge in [-0.15, -0.1) is 21.5 Å². The summed E-state index contributed by atoms with van der Waals surface area (Å²) < 4.78 is 1.96. The van der Waals surface area contributed by atoms with Crippen molar-refractivity contribution in [2.75, 3.05) is 0 Å². The maximum absolute atomic E-state index is 12.2. The summed E-state index contributed by atoms with van der Waals surface area (Å²) in [6, 6.07) is 11.4. The second-order valence-corrected chi connectivity index (χ2v) is 9.22. The number of hydrogen-bond donors (Lipinski definition) is 1. The summed E-state index contributed by atoms with van der Waals surface area (Å²) in [5.41, 5.74) is 2.20. The fourth-order valence-corrected chi connectivity index (χ4v) is 4.77. The second-order valence-electron chi connectivity index (χ2n) is 6.90. The van der Waals surface area contributed by atoms with Crippen molar-refractivity contribution >= 4 is 40.6 Å². The van der Waals surface area contributed by atoms with Crippen LogP contribution in [0.1, 0.15) is 29.3 Å². The van der Waals surface area contributed by atoms with Gasteiger partial charge >= 0.3 is 0 Å². The number of halogens is 1. The Morgan fingerprint density at radius 1 is 1.23 bits per heavy atom. The molecule has 0 unspecified atom stereocenters. The number of hydrogen-bond acceptors (Lipinski definition) is 7. The van der Waals surface area contributed by atoms with Crippen molar-refractivity contribution in [3.05, 3.63) is 69.9 Å². The molecular formula is C21H19ClN6OS2. The van der Waals surface area contributed by atoms with E-state index in [0.29, 0.717) is 27.5 Å². The molecule has 31 heavy (non-hydrogen) atoms. The number of benzene rings is 1. The van der Waals surface area contributed by atoms with Crippen molar-refractivity contribution in [2.45, 2.75) is 30.8 Å². The molecule has 3 heterocycles. The fourth-order valence-electron chi connectivity index (χ4n) is 2.84. The summed E-state index contributed by atoms with van der Waals surface area (Å²) >= 11 is 9.19. The van der Waals surface area contributed by atoms with Crippen molar-refractivity contribution < 1.29 is 4.79 Å². The first-order chi connectivity index (χ1) is 15.0. The lowest BCUT2D eigenvalue weighted by molar-refractivity contribution is 0.0938. The maximum atomic E-state index is 12.2. The van der Waals surface area contributed by atoms with Crippen molar-refractivity contribution in [1.82, 2.24) is 30.0 Å². The van der Waals surface area contributed by atoms with E-state index in [2.05, 4.69) is 25.5 Å². The summed E-state index contributed by atoms with van der Waals surface area (Å²) in [5, 5.41) is 15.6. The highest BCUT2D eigenvalue weighted by molar-refractivity contribution is 7.98. The van der Waals surface area contributed by atoms with Gasteiger partial charge in [0.1, 0.15) is 10.7 Å². The topological polar surface area (TPSA) is 85.6 Å². The van der Waals surface area contributed by atoms with Gasteiger partial charge in [-0.1, -0.05) is 29.4 Å². The minimum Gasteiger partial charge on any atom is -0.349 e. The van der Waals surface area contributed by atoms with Gasteiger partial charge < -0.3 is 5.32 Å². The Labute approximate surface area is 192 Å². The first-order valence-electron chi connectivity index (χ1n) is 9.51. The molecule has 4 rings (SSSR count). The van der Waals surface area contributed by atoms with Crippen LogP contribution in [0.15, 0.2) is 59.3 Å². The number of carbonyl (C=O) groups is 1. The van der Waals surface area contributed by atoms with Crippen LogP contribution in [0.3, 0.4) is 0 Å². The predicted molar refractivity (Wildman–Crippen MR) is 124 cm³/mol. The summed E-state index contributed by atoms with van der Waals surface area (Å²) in [4.78, 5) is 20.7. The normalized spacial score (nSPS) is 11.1. The molecule has 0 saturated heterocycles. The number of thiazole rings is 1. The van der Waals surface area contributed by atoms with E-state index in [1.165, 1.54) is 23.1 Å². The molecule has 0 saturated carbocycles. The third kappa shape index (κ3) is 5.12. The maximum Gasteiger partial charge on any atom is 0.270 e. The molecule has 0 aliphatic rings. The van der Waals surface area contributed by atoms with Gasteiger partial charge in [0, 0.05) is 34.4 Å². The van der Waals surface area contributed by atoms with E-state index in [-0.39, 0.29) is 11.9 Å². The molecule has 0 fully saturated rings. The number of amides is 1. The smallest absolute Gasteiger partial charge is 0.270 e. The van der Waals surface area contributed by atoms with Crippen LogP contribution in [0, 0.1) is 0 Å². The number of pyridine rings is 1. The number of carbonyl (C=O) groups excluding carboxylic acids is 1. The van der Waals surface area contributed by atoms with Crippen LogP contribution in [0.2, 0.25) is 5.02 Å². The van der Waals surface area contributed by atoms with E-state index in [1.54, 1.807) is 17.8 Å². The molecule has 0 aliphatic carbocycles. The van der Waals surface area contributed by atoms with Gasteiger partial charge in [-0.3, -0.25) is 14.3 Å². The zero-order chi connectivity index (χ0) is 21.8. The monoisotopic (exact) mass is 470 g/mol. The Morgan fingerprint density at radius 2 is 2.03 bits per heavy atom. The highest BCUT2D eigenvalue weighted by Crippen LogP contribution is 2.31. The van der Waals surface area contributed by atoms with E-state index in [4.69, 9.17) is 11.6 Å². The fraction of sp³-hybridized carbons (Fsp3) is 0.190. The van der Waals surface area contributed by atoms with E-state index < -0.39 is 0 Å². The van der Waals surface area contributed by atoms with Gasteiger partial charge in [-0.05, 0) is 44.2 Å². The largest absolute Gasteiger partial charge is 0.349 e. The van der Waals surface area contributed by atoms with Crippen molar-refractivity contribution in [3.63, 3.8) is 0 Å². The lowest BCUT2D eigenvalue weighted by atomic mass is 10.2. The van der Waals surface area contributed by atoms with Gasteiger partial charge in [0.25, 0.3) is 5.91 Å². The highest BCUT2D eigenvalue weighted by Gasteiger charge is 2.18. The number of thioether (sulfide) groups is 1. The number of rotatable bonds is 7. The molecule has 0 radical (unpaired) electrons. The third-order valence-corrected chi connectivity index (χ3v) is 6.37. The minimum absolute atomic E-state index is 0.0647. The quantitative estimate of drug-likeness (QED) is 0.388. The van der Waals surface area contributed by atoms with Crippen molar-refractivity contribution in [2.24, 2.45) is 0 Å². The molecule has 10 heteroatoms. The molecule has 1 N–H and O–H groups in total. The first-order valence-corrected chi connectivity index (χ1v) is 11.8. The van der Waals surface area contributed by atoms with Crippen molar-refractivity contribution in [3.8, 4) is 17.1 Å². The summed E-state index contributed by atoms with van der Waals surface area (Å²) in [6.45, 7) is 3.84. The van der Waals surface area contributed by atoms with Crippen LogP contribution in [-0.2, 0) is 5.75 Å². The van der Waals surface area contributed by atoms with Crippen LogP contribution in [0.5, 0.6) is 0 Å². The minimum atomic E-state index is -0.162. The molecule has 0 aliphatic heterocycles. The zero-order valence-corrected chi connectivity index (χ0v) is 19.2. The van der Waals surface area contributed by atoms with Crippen molar-refractivity contribution in [1.29, 1.82) is 0 Å². The first kappa shape index (κ1) is 21.5. The standard InChI is InChI=1S/C21H19ClN6OS2/c1-13(2)24-20(29)17-11-30-18(25-17)12-31-21-27-26-19(14-6-8-23-9-7-14)28(21)16-5-3-4-15(22)10-16/h3-11,13H,12H2,1-2H3,(H,24,29). The average molecular weight is 471 g/mol. The Kier molecular flexibility index (Phi) is 6.64. The van der Waals surface area contributed by atoms with Crippen LogP contribution in [0.4, 0.5) is 0 Å². The second kappa shape index (κ2) is 9.59. The molecule has 3 aromatic heterocycles. The van der Waals surface area contributed by atoms with E-state index in [0.717, 1.165) is 16.3 Å². The predicted octanol–water partition coefficient (Wildman–Crippen LogP) is 4.87. The number of nitrogens with zero attached hydrogens (tertiary/aromatic N) is 5. The Morgan fingerprint density at radius 3 is 2.77 bits per heavy atom. The summed E-state index contributed by atoms with van der Waals surface area (Å²) in [6.07, 6.45) is 3.44. The molecule has 7 nitrogen and oxygen atoms in total. The van der Waals surface area contributed by atoms with Crippen LogP contribution >= 0.6 is 34.7 Å². The van der Waals surface area contributed by atoms with Crippen LogP contribution in [-0.4, -0.2) is 36.7 Å². The van der Waals surface area contributed by atoms with Gasteiger partial charge in [-0.2, -0.15) is 0 Å². The summed E-state index contributed by atoms with van der Waals surface area (Å²) in [7, 11) is 0. The molecule has 0 bridgehead atoms. The van der Waals surface area contributed by atoms with Gasteiger partial charge in [0.2, 0.25) is 0 Å². The molecule has 0 atom stereocenters. The number of nitrogens with one attached hydrogen (secondary N) is 1. The molecule has 1 aromatic carbocycles. The van der Waals surface area contributed by atoms with Gasteiger partial charge in [0.15, 0.2) is 11.0 Å². The Hall–Kier alpha value is -2.75. The van der Waals surface area contributed by atoms with Crippen LogP contribution < -0.4 is 5.32 Å². The number of aromatic nitrogens is 5. The lowest BCUT2D eigenvalue weighted by Gasteiger charge is -2.10. The van der Waals surface area contributed by atoms with Crippen LogP contribution in [0.25, 0.3) is 17.1 Å². The molecule has 4 aromatic rings. The van der Waals surface area contributed by atoms with E-state index in [1.807, 2.05) is 54.8 Å². The van der Waals surface area contributed by atoms with E-state index in [9.17, 15) is 4.79 Å². The molecular weight excluding hydrogens is 452 g/mol. The van der Waals surface area contributed by atoms with Gasteiger partial charge in [0.05, 0.1) is 11.4 Å². The van der Waals surface area contributed by atoms with E-state index >= 15 is 0 Å². The van der Waals surface area contributed by atoms with Gasteiger partial charge in [-0.25, -0.2) is 4.98 Å². The third-order valence-electron chi connectivity index (χ3n) is 4.17. The summed E-state index contributed by atoms with van der Waals surface area (Å²) in [5.74, 6) is 1.10. The lowest BCUT2D eigenvalue weighted by Crippen LogP contribution is -2.30. The molecule has 158 valence electrons. The Balaban J connectivity index is 1.61. The average Bonchev–Trinajstić information content (AvgIpc) is 3.40. The molecule has 1 amide bonds. The Bertz CT molecular complexity index is 1190. The SMILES string of the molecule is CC(C)NC(=O)c1csc(CSc2nnc(-c3ccncc3)n2-c2cccc(Cl)c2)n1. The molecule has 0 spiro atoms. The highest BCUT2D eigenvalue weighted by atomic mass is 35.5. The zero-order valence-electron chi connectivity index (χ0n) is 16.8.